The molecule has 3 aromatic heterocycles. The van der Waals surface area contributed by atoms with Crippen LogP contribution in [0.4, 0.5) is 24.7 Å². The van der Waals surface area contributed by atoms with E-state index >= 15 is 0 Å². The molecule has 0 aliphatic heterocycles. The zero-order valence-electron chi connectivity index (χ0n) is 14.3. The van der Waals surface area contributed by atoms with Gasteiger partial charge in [0.1, 0.15) is 5.82 Å². The van der Waals surface area contributed by atoms with Gasteiger partial charge in [-0.05, 0) is 17.9 Å². The summed E-state index contributed by atoms with van der Waals surface area (Å²) in [7, 11) is 0. The van der Waals surface area contributed by atoms with Crippen molar-refractivity contribution in [2.24, 2.45) is 0 Å². The van der Waals surface area contributed by atoms with Gasteiger partial charge in [-0.2, -0.15) is 18.3 Å². The van der Waals surface area contributed by atoms with Crippen LogP contribution in [0.15, 0.2) is 30.7 Å². The van der Waals surface area contributed by atoms with Gasteiger partial charge in [-0.1, -0.05) is 12.8 Å². The molecule has 0 atom stereocenters. The molecule has 0 aromatic carbocycles. The molecule has 0 amide bonds. The van der Waals surface area contributed by atoms with Crippen molar-refractivity contribution in [1.29, 1.82) is 5.26 Å². The predicted octanol–water partition coefficient (Wildman–Crippen LogP) is 2.63. The molecule has 0 radical (unpaired) electrons. The molecule has 1 aliphatic carbocycles. The van der Waals surface area contributed by atoms with Gasteiger partial charge in [0.05, 0.1) is 23.0 Å². The molecule has 1 saturated carbocycles. The minimum absolute atomic E-state index is 0.0868. The lowest BCUT2D eigenvalue weighted by Crippen LogP contribution is -2.36. The van der Waals surface area contributed by atoms with E-state index in [1.807, 2.05) is 0 Å². The fourth-order valence-electron chi connectivity index (χ4n) is 3.08. The van der Waals surface area contributed by atoms with E-state index < -0.39 is 18.5 Å². The van der Waals surface area contributed by atoms with Gasteiger partial charge in [0, 0.05) is 24.0 Å². The minimum Gasteiger partial charge on any atom is -0.340 e. The molecular weight excluding hydrogens is 372 g/mol. The number of aldehydes is 1. The molecule has 3 heterocycles. The number of pyridine rings is 1. The number of nitriles is 1. The zero-order valence-corrected chi connectivity index (χ0v) is 14.3. The number of carbonyl (C=O) groups excluding carboxylic acids is 1. The number of rotatable bonds is 5. The second kappa shape index (κ2) is 6.63. The highest BCUT2D eigenvalue weighted by atomic mass is 19.4. The first-order chi connectivity index (χ1) is 13.4. The number of anilines is 2. The Morgan fingerprint density at radius 3 is 2.79 bits per heavy atom. The van der Waals surface area contributed by atoms with E-state index in [0.717, 1.165) is 19.0 Å². The summed E-state index contributed by atoms with van der Waals surface area (Å²) in [4.78, 5) is 19.1. The van der Waals surface area contributed by atoms with E-state index in [-0.39, 0.29) is 28.5 Å². The average molecular weight is 384 g/mol. The number of halogens is 3. The van der Waals surface area contributed by atoms with Crippen LogP contribution in [0.5, 0.6) is 0 Å². The molecular formula is C17H12BF3N6O. The number of hydrogen-bond acceptors (Lipinski definition) is 6. The van der Waals surface area contributed by atoms with Gasteiger partial charge in [-0.25, -0.2) is 14.8 Å². The molecule has 1 N–H and O–H groups in total. The first-order valence-corrected chi connectivity index (χ1v) is 8.44. The monoisotopic (exact) mass is 384 g/mol. The summed E-state index contributed by atoms with van der Waals surface area (Å²) in [5.74, 6) is 2.47. The molecule has 1 aliphatic rings. The highest BCUT2D eigenvalue weighted by Gasteiger charge is 2.39. The van der Waals surface area contributed by atoms with Crippen molar-refractivity contribution in [2.45, 2.75) is 24.8 Å². The van der Waals surface area contributed by atoms with Crippen LogP contribution in [0.25, 0.3) is 5.65 Å². The molecule has 4 rings (SSSR count). The van der Waals surface area contributed by atoms with E-state index in [1.165, 1.54) is 29.0 Å². The van der Waals surface area contributed by atoms with Crippen molar-refractivity contribution in [1.82, 2.24) is 19.6 Å². The van der Waals surface area contributed by atoms with Crippen LogP contribution < -0.4 is 10.9 Å². The first-order valence-electron chi connectivity index (χ1n) is 8.44. The van der Waals surface area contributed by atoms with Crippen LogP contribution in [-0.4, -0.2) is 32.6 Å². The zero-order chi connectivity index (χ0) is 19.9. The number of carbonyl (C=O) groups is 1. The lowest BCUT2D eigenvalue weighted by molar-refractivity contribution is -0.137. The van der Waals surface area contributed by atoms with Crippen molar-refractivity contribution in [3.05, 3.63) is 41.9 Å². The van der Waals surface area contributed by atoms with Gasteiger partial charge in [-0.15, -0.1) is 0 Å². The van der Waals surface area contributed by atoms with Crippen LogP contribution in [0.1, 0.15) is 28.8 Å². The van der Waals surface area contributed by atoms with Crippen molar-refractivity contribution < 1.29 is 18.0 Å². The number of aromatic nitrogens is 4. The van der Waals surface area contributed by atoms with Crippen LogP contribution in [0, 0.1) is 11.2 Å². The molecule has 0 unspecified atom stereocenters. The average Bonchev–Trinajstić information content (AvgIpc) is 3.41. The maximum Gasteiger partial charge on any atom is 0.419 e. The summed E-state index contributed by atoms with van der Waals surface area (Å²) in [6.45, 7) is -0.495. The Hall–Kier alpha value is -3.42. The first kappa shape index (κ1) is 18.0. The standard InChI is InChI=1S/C17H12BF3N6O/c19-17(20,21)12-7-23-4-3-13(12)25-15-5-14(18(9-22)11-1-2-11)27-16(26-15)10(8-28)6-24-27/h3-8,11H,1-2H2,(H,23,25,26). The summed E-state index contributed by atoms with van der Waals surface area (Å²) >= 11 is 0. The summed E-state index contributed by atoms with van der Waals surface area (Å²) in [6, 6.07) is 2.69. The Bertz CT molecular complexity index is 1100. The fourth-order valence-corrected chi connectivity index (χ4v) is 3.08. The Morgan fingerprint density at radius 1 is 1.36 bits per heavy atom. The van der Waals surface area contributed by atoms with Gasteiger partial charge in [0.2, 0.25) is 0 Å². The summed E-state index contributed by atoms with van der Waals surface area (Å²) < 4.78 is 41.1. The number of hydrogen-bond donors (Lipinski definition) is 1. The third-order valence-electron chi connectivity index (χ3n) is 4.59. The normalized spacial score (nSPS) is 13.9. The number of nitrogens with zero attached hydrogens (tertiary/aromatic N) is 5. The van der Waals surface area contributed by atoms with Crippen LogP contribution >= 0.6 is 0 Å². The second-order valence-electron chi connectivity index (χ2n) is 6.51. The maximum atomic E-state index is 13.2. The Labute approximate surface area is 157 Å². The maximum absolute atomic E-state index is 13.2. The van der Waals surface area contributed by atoms with E-state index in [0.29, 0.717) is 11.9 Å². The summed E-state index contributed by atoms with van der Waals surface area (Å²) in [5.41, 5.74) is -0.325. The molecule has 28 heavy (non-hydrogen) atoms. The summed E-state index contributed by atoms with van der Waals surface area (Å²) in [6.07, 6.45) is 1.00. The van der Waals surface area contributed by atoms with Gasteiger partial charge in [0.25, 0.3) is 0 Å². The molecule has 0 saturated heterocycles. The Morgan fingerprint density at radius 2 is 2.14 bits per heavy atom. The largest absolute Gasteiger partial charge is 0.419 e. The van der Waals surface area contributed by atoms with Crippen molar-refractivity contribution in [3.63, 3.8) is 0 Å². The summed E-state index contributed by atoms with van der Waals surface area (Å²) in [5, 5.41) is 16.4. The number of alkyl halides is 3. The predicted molar refractivity (Wildman–Crippen MR) is 94.9 cm³/mol. The van der Waals surface area contributed by atoms with E-state index in [4.69, 9.17) is 0 Å². The number of fused-ring (bicyclic) bond motifs is 1. The van der Waals surface area contributed by atoms with Crippen LogP contribution in [0.2, 0.25) is 5.82 Å². The Balaban J connectivity index is 1.85. The third-order valence-corrected chi connectivity index (χ3v) is 4.59. The van der Waals surface area contributed by atoms with Crippen LogP contribution in [0.3, 0.4) is 0 Å². The molecule has 0 bridgehead atoms. The highest BCUT2D eigenvalue weighted by Crippen LogP contribution is 2.39. The lowest BCUT2D eigenvalue weighted by Gasteiger charge is -2.15. The van der Waals surface area contributed by atoms with Crippen molar-refractivity contribution in [2.75, 3.05) is 5.32 Å². The van der Waals surface area contributed by atoms with E-state index in [9.17, 15) is 23.2 Å². The van der Waals surface area contributed by atoms with Crippen LogP contribution in [-0.2, 0) is 6.18 Å². The van der Waals surface area contributed by atoms with Gasteiger partial charge in [0.15, 0.2) is 11.9 Å². The van der Waals surface area contributed by atoms with Gasteiger partial charge in [-0.3, -0.25) is 9.78 Å². The smallest absolute Gasteiger partial charge is 0.340 e. The molecule has 140 valence electrons. The topological polar surface area (TPSA) is 96.0 Å². The lowest BCUT2D eigenvalue weighted by atomic mass is 9.44. The molecule has 1 fully saturated rings. The second-order valence-corrected chi connectivity index (χ2v) is 6.51. The quantitative estimate of drug-likeness (QED) is 0.537. The molecule has 11 heteroatoms. The minimum atomic E-state index is -4.60. The molecule has 7 nitrogen and oxygen atoms in total. The number of nitrogens with one attached hydrogen (secondary N) is 1. The van der Waals surface area contributed by atoms with E-state index in [1.54, 1.807) is 0 Å². The molecule has 0 spiro atoms. The highest BCUT2D eigenvalue weighted by molar-refractivity contribution is 6.81. The SMILES string of the molecule is N#CB(c1cc(Nc2ccncc2C(F)(F)F)nc2c(C=O)cnn12)C1CC1. The van der Waals surface area contributed by atoms with Crippen molar-refractivity contribution >= 4 is 35.7 Å². The Kier molecular flexibility index (Phi) is 4.26. The molecule has 3 aromatic rings. The fraction of sp³-hybridized carbons (Fsp3) is 0.235. The van der Waals surface area contributed by atoms with Gasteiger partial charge >= 0.3 is 12.9 Å². The van der Waals surface area contributed by atoms with Gasteiger partial charge < -0.3 is 5.32 Å². The third kappa shape index (κ3) is 3.17. The van der Waals surface area contributed by atoms with Crippen molar-refractivity contribution in [3.8, 4) is 5.97 Å². The van der Waals surface area contributed by atoms with E-state index in [2.05, 4.69) is 26.4 Å².